The number of hydrogen-bond donors (Lipinski definition) is 1. The second-order valence-electron chi connectivity index (χ2n) is 4.34. The molecule has 0 saturated carbocycles. The van der Waals surface area contributed by atoms with E-state index in [9.17, 15) is 4.79 Å². The van der Waals surface area contributed by atoms with Crippen molar-refractivity contribution in [2.45, 2.75) is 39.2 Å². The van der Waals surface area contributed by atoms with Crippen LogP contribution in [0, 0.1) is 5.92 Å². The van der Waals surface area contributed by atoms with Crippen LogP contribution in [-0.4, -0.2) is 29.4 Å². The molecule has 0 radical (unpaired) electrons. The molecule has 1 fully saturated rings. The molecule has 3 heteroatoms. The topological polar surface area (TPSA) is 46.3 Å². The summed E-state index contributed by atoms with van der Waals surface area (Å²) in [6.07, 6.45) is 1.65. The molecule has 2 N–H and O–H groups in total. The average Bonchev–Trinajstić information content (AvgIpc) is 2.28. The van der Waals surface area contributed by atoms with Crippen LogP contribution in [0.3, 0.4) is 0 Å². The molecule has 1 rings (SSSR count). The number of carbonyl (C=O) groups excluding carboxylic acids is 1. The second kappa shape index (κ2) is 3.66. The maximum absolute atomic E-state index is 11.6. The molecule has 0 aliphatic carbocycles. The summed E-state index contributed by atoms with van der Waals surface area (Å²) < 4.78 is 0. The van der Waals surface area contributed by atoms with Crippen LogP contribution in [0.5, 0.6) is 0 Å². The predicted octanol–water partition coefficient (Wildman–Crippen LogP) is 0.982. The molecule has 1 aliphatic rings. The van der Waals surface area contributed by atoms with Gasteiger partial charge in [-0.25, -0.2) is 0 Å². The van der Waals surface area contributed by atoms with Gasteiger partial charge in [0.05, 0.1) is 0 Å². The van der Waals surface area contributed by atoms with Crippen LogP contribution < -0.4 is 5.73 Å². The van der Waals surface area contributed by atoms with Gasteiger partial charge < -0.3 is 10.6 Å². The summed E-state index contributed by atoms with van der Waals surface area (Å²) in [5.74, 6) is 0.592. The van der Waals surface area contributed by atoms with Crippen molar-refractivity contribution in [1.82, 2.24) is 4.90 Å². The molecule has 76 valence electrons. The normalized spacial score (nSPS) is 26.9. The third kappa shape index (κ3) is 1.70. The van der Waals surface area contributed by atoms with Crippen molar-refractivity contribution in [2.24, 2.45) is 11.7 Å². The molecule has 1 atom stereocenters. The molecule has 3 nitrogen and oxygen atoms in total. The van der Waals surface area contributed by atoms with Crippen molar-refractivity contribution in [2.75, 3.05) is 13.1 Å². The minimum absolute atomic E-state index is 0.0398. The molecule has 1 heterocycles. The lowest BCUT2D eigenvalue weighted by Gasteiger charge is -2.35. The highest BCUT2D eigenvalue weighted by atomic mass is 16.2. The van der Waals surface area contributed by atoms with Crippen molar-refractivity contribution in [1.29, 1.82) is 0 Å². The van der Waals surface area contributed by atoms with Gasteiger partial charge in [0, 0.05) is 24.4 Å². The fraction of sp³-hybridized carbons (Fsp3) is 0.900. The van der Waals surface area contributed by atoms with Gasteiger partial charge in [0.2, 0.25) is 5.91 Å². The Hall–Kier alpha value is -0.570. The molecular formula is C10H20N2O. The van der Waals surface area contributed by atoms with Gasteiger partial charge in [0.25, 0.3) is 0 Å². The summed E-state index contributed by atoms with van der Waals surface area (Å²) in [6.45, 7) is 7.80. The molecule has 0 aromatic rings. The quantitative estimate of drug-likeness (QED) is 0.710. The number of nitrogens with zero attached hydrogens (tertiary/aromatic N) is 1. The Morgan fingerprint density at radius 2 is 2.23 bits per heavy atom. The van der Waals surface area contributed by atoms with Crippen molar-refractivity contribution < 1.29 is 4.79 Å². The lowest BCUT2D eigenvalue weighted by atomic mass is 9.88. The summed E-state index contributed by atoms with van der Waals surface area (Å²) in [7, 11) is 0. The van der Waals surface area contributed by atoms with E-state index in [2.05, 4.69) is 20.8 Å². The highest BCUT2D eigenvalue weighted by molar-refractivity contribution is 5.80. The van der Waals surface area contributed by atoms with Gasteiger partial charge in [0.1, 0.15) is 0 Å². The number of amides is 1. The Labute approximate surface area is 80.3 Å². The van der Waals surface area contributed by atoms with Crippen molar-refractivity contribution >= 4 is 5.91 Å². The van der Waals surface area contributed by atoms with E-state index < -0.39 is 0 Å². The van der Waals surface area contributed by atoms with Crippen molar-refractivity contribution in [3.8, 4) is 0 Å². The van der Waals surface area contributed by atoms with Crippen LogP contribution in [0.1, 0.15) is 33.6 Å². The van der Waals surface area contributed by atoms with Crippen LogP contribution in [0.4, 0.5) is 0 Å². The largest absolute Gasteiger partial charge is 0.337 e. The van der Waals surface area contributed by atoms with Gasteiger partial charge in [-0.3, -0.25) is 4.79 Å². The van der Waals surface area contributed by atoms with E-state index in [0.717, 1.165) is 13.0 Å². The zero-order chi connectivity index (χ0) is 10.1. The number of rotatable bonds is 3. The predicted molar refractivity (Wildman–Crippen MR) is 53.2 cm³/mol. The maximum atomic E-state index is 11.6. The molecule has 13 heavy (non-hydrogen) atoms. The number of likely N-dealkylation sites (tertiary alicyclic amines) is 1. The van der Waals surface area contributed by atoms with Gasteiger partial charge in [0.15, 0.2) is 0 Å². The van der Waals surface area contributed by atoms with Gasteiger partial charge in [-0.15, -0.1) is 0 Å². The summed E-state index contributed by atoms with van der Waals surface area (Å²) in [6, 6.07) is 0. The second-order valence-corrected chi connectivity index (χ2v) is 4.34. The van der Waals surface area contributed by atoms with Crippen LogP contribution in [-0.2, 0) is 4.79 Å². The highest BCUT2D eigenvalue weighted by Gasteiger charge is 2.44. The molecular weight excluding hydrogens is 164 g/mol. The highest BCUT2D eigenvalue weighted by Crippen LogP contribution is 2.34. The number of hydrogen-bond acceptors (Lipinski definition) is 2. The Kier molecular flexibility index (Phi) is 2.96. The lowest BCUT2D eigenvalue weighted by molar-refractivity contribution is -0.130. The summed E-state index contributed by atoms with van der Waals surface area (Å²) >= 11 is 0. The molecule has 1 amide bonds. The molecule has 1 aliphatic heterocycles. The minimum Gasteiger partial charge on any atom is -0.337 e. The van der Waals surface area contributed by atoms with E-state index in [0.29, 0.717) is 18.9 Å². The third-order valence-electron chi connectivity index (χ3n) is 3.15. The van der Waals surface area contributed by atoms with Gasteiger partial charge in [-0.1, -0.05) is 6.92 Å². The first-order valence-corrected chi connectivity index (χ1v) is 5.04. The Morgan fingerprint density at radius 3 is 2.62 bits per heavy atom. The van der Waals surface area contributed by atoms with Crippen LogP contribution in [0.25, 0.3) is 0 Å². The molecule has 0 bridgehead atoms. The smallest absolute Gasteiger partial charge is 0.223 e. The van der Waals surface area contributed by atoms with Gasteiger partial charge >= 0.3 is 0 Å². The third-order valence-corrected chi connectivity index (χ3v) is 3.15. The summed E-state index contributed by atoms with van der Waals surface area (Å²) in [5.41, 5.74) is 5.61. The zero-order valence-corrected chi connectivity index (χ0v) is 8.84. The zero-order valence-electron chi connectivity index (χ0n) is 8.84. The first kappa shape index (κ1) is 10.5. The van der Waals surface area contributed by atoms with Gasteiger partial charge in [-0.05, 0) is 26.8 Å². The van der Waals surface area contributed by atoms with Gasteiger partial charge in [-0.2, -0.15) is 0 Å². The molecule has 1 saturated heterocycles. The van der Waals surface area contributed by atoms with Crippen LogP contribution >= 0.6 is 0 Å². The Balaban J connectivity index is 2.78. The molecule has 0 aromatic carbocycles. The number of carbonyl (C=O) groups is 1. The molecule has 0 aromatic heterocycles. The number of nitrogens with two attached hydrogens (primary N) is 1. The first-order valence-electron chi connectivity index (χ1n) is 5.04. The van der Waals surface area contributed by atoms with E-state index in [1.165, 1.54) is 0 Å². The van der Waals surface area contributed by atoms with E-state index in [1.807, 2.05) is 4.90 Å². The average molecular weight is 184 g/mol. The van der Waals surface area contributed by atoms with E-state index >= 15 is 0 Å². The molecule has 0 spiro atoms. The minimum atomic E-state index is -0.0398. The van der Waals surface area contributed by atoms with Crippen molar-refractivity contribution in [3.05, 3.63) is 0 Å². The Bertz CT molecular complexity index is 201. The summed E-state index contributed by atoms with van der Waals surface area (Å²) in [4.78, 5) is 13.6. The SMILES string of the molecule is CCCN1C(=O)CC(CN)C1(C)C. The standard InChI is InChI=1S/C10H20N2O/c1-4-5-12-9(13)6-8(7-11)10(12,2)3/h8H,4-7,11H2,1-3H3. The fourth-order valence-corrected chi connectivity index (χ4v) is 2.12. The lowest BCUT2D eigenvalue weighted by Crippen LogP contribution is -2.46. The Morgan fingerprint density at radius 1 is 1.62 bits per heavy atom. The van der Waals surface area contributed by atoms with Crippen molar-refractivity contribution in [3.63, 3.8) is 0 Å². The fourth-order valence-electron chi connectivity index (χ4n) is 2.12. The monoisotopic (exact) mass is 184 g/mol. The molecule has 1 unspecified atom stereocenters. The van der Waals surface area contributed by atoms with Crippen LogP contribution in [0.15, 0.2) is 0 Å². The van der Waals surface area contributed by atoms with E-state index in [1.54, 1.807) is 0 Å². The first-order chi connectivity index (χ1) is 6.04. The van der Waals surface area contributed by atoms with E-state index in [-0.39, 0.29) is 11.4 Å². The van der Waals surface area contributed by atoms with Crippen LogP contribution in [0.2, 0.25) is 0 Å². The summed E-state index contributed by atoms with van der Waals surface area (Å²) in [5, 5.41) is 0. The van der Waals surface area contributed by atoms with E-state index in [4.69, 9.17) is 5.73 Å². The maximum Gasteiger partial charge on any atom is 0.223 e.